The Labute approximate surface area is 94.4 Å². The van der Waals surface area contributed by atoms with Crippen molar-refractivity contribution in [3.05, 3.63) is 24.3 Å². The zero-order valence-electron chi connectivity index (χ0n) is 8.78. The fraction of sp³-hybridized carbons (Fsp3) is 0.455. The first-order valence-corrected chi connectivity index (χ1v) is 6.51. The SMILES string of the molecule is CC(C)(C)SN1CSc2ccccc21. The molecule has 0 radical (unpaired) electrons. The normalized spacial score (nSPS) is 15.8. The van der Waals surface area contributed by atoms with Crippen molar-refractivity contribution in [3.8, 4) is 0 Å². The minimum atomic E-state index is 0.290. The lowest BCUT2D eigenvalue weighted by atomic mass is 10.3. The second-order valence-electron chi connectivity index (χ2n) is 4.32. The summed E-state index contributed by atoms with van der Waals surface area (Å²) < 4.78 is 2.68. The molecule has 0 unspecified atom stereocenters. The minimum Gasteiger partial charge on any atom is -0.304 e. The number of anilines is 1. The van der Waals surface area contributed by atoms with E-state index in [9.17, 15) is 0 Å². The smallest absolute Gasteiger partial charge is 0.0798 e. The van der Waals surface area contributed by atoms with E-state index in [2.05, 4.69) is 49.3 Å². The van der Waals surface area contributed by atoms with Crippen LogP contribution in [0, 0.1) is 0 Å². The third-order valence-corrected chi connectivity index (χ3v) is 4.16. The number of hydrogen-bond acceptors (Lipinski definition) is 3. The molecule has 0 amide bonds. The first-order chi connectivity index (χ1) is 6.56. The molecule has 14 heavy (non-hydrogen) atoms. The van der Waals surface area contributed by atoms with Crippen LogP contribution in [0.5, 0.6) is 0 Å². The summed E-state index contributed by atoms with van der Waals surface area (Å²) in [4.78, 5) is 1.41. The van der Waals surface area contributed by atoms with Crippen molar-refractivity contribution in [2.75, 3.05) is 10.2 Å². The lowest BCUT2D eigenvalue weighted by molar-refractivity contribution is 0.801. The molecule has 1 aromatic carbocycles. The topological polar surface area (TPSA) is 3.24 Å². The van der Waals surface area contributed by atoms with E-state index in [0.717, 1.165) is 5.88 Å². The van der Waals surface area contributed by atoms with E-state index in [0.29, 0.717) is 0 Å². The average Bonchev–Trinajstić information content (AvgIpc) is 2.47. The molecule has 0 atom stereocenters. The van der Waals surface area contributed by atoms with Crippen LogP contribution in [0.3, 0.4) is 0 Å². The zero-order chi connectivity index (χ0) is 10.2. The summed E-state index contributed by atoms with van der Waals surface area (Å²) in [5.74, 6) is 1.07. The maximum absolute atomic E-state index is 2.39. The summed E-state index contributed by atoms with van der Waals surface area (Å²) in [6, 6.07) is 8.62. The van der Waals surface area contributed by atoms with Crippen LogP contribution >= 0.6 is 23.7 Å². The minimum absolute atomic E-state index is 0.290. The predicted molar refractivity (Wildman–Crippen MR) is 67.0 cm³/mol. The van der Waals surface area contributed by atoms with Crippen LogP contribution in [0.25, 0.3) is 0 Å². The summed E-state index contributed by atoms with van der Waals surface area (Å²) in [7, 11) is 0. The van der Waals surface area contributed by atoms with Crippen molar-refractivity contribution in [1.29, 1.82) is 0 Å². The molecule has 1 aromatic rings. The van der Waals surface area contributed by atoms with Gasteiger partial charge >= 0.3 is 0 Å². The molecule has 1 aliphatic rings. The molecule has 2 rings (SSSR count). The molecular weight excluding hydrogens is 210 g/mol. The number of benzene rings is 1. The lowest BCUT2D eigenvalue weighted by Crippen LogP contribution is -2.20. The summed E-state index contributed by atoms with van der Waals surface area (Å²) in [5, 5.41) is 0. The van der Waals surface area contributed by atoms with Crippen LogP contribution in [0.15, 0.2) is 29.2 Å². The lowest BCUT2D eigenvalue weighted by Gasteiger charge is -2.26. The highest BCUT2D eigenvalue weighted by Crippen LogP contribution is 2.44. The molecule has 1 nitrogen and oxygen atoms in total. The van der Waals surface area contributed by atoms with Crippen molar-refractivity contribution < 1.29 is 0 Å². The van der Waals surface area contributed by atoms with Crippen LogP contribution in [-0.4, -0.2) is 10.6 Å². The van der Waals surface area contributed by atoms with Gasteiger partial charge in [-0.25, -0.2) is 0 Å². The Balaban J connectivity index is 2.18. The largest absolute Gasteiger partial charge is 0.304 e. The molecule has 0 bridgehead atoms. The maximum atomic E-state index is 2.39. The predicted octanol–water partition coefficient (Wildman–Crippen LogP) is 4.00. The molecule has 0 fully saturated rings. The van der Waals surface area contributed by atoms with Crippen molar-refractivity contribution in [2.45, 2.75) is 30.4 Å². The number of rotatable bonds is 1. The zero-order valence-corrected chi connectivity index (χ0v) is 10.4. The number of nitrogens with zero attached hydrogens (tertiary/aromatic N) is 1. The third kappa shape index (κ3) is 2.20. The summed E-state index contributed by atoms with van der Waals surface area (Å²) in [6.45, 7) is 6.76. The summed E-state index contributed by atoms with van der Waals surface area (Å²) in [6.07, 6.45) is 0. The molecule has 0 spiro atoms. The average molecular weight is 225 g/mol. The summed E-state index contributed by atoms with van der Waals surface area (Å²) >= 11 is 3.84. The standard InChI is InChI=1S/C11H15NS2/c1-11(2,3)14-12-8-13-10-7-5-4-6-9(10)12/h4-7H,8H2,1-3H3. The quantitative estimate of drug-likeness (QED) is 0.665. The van der Waals surface area contributed by atoms with Gasteiger partial charge in [0.25, 0.3) is 0 Å². The Hall–Kier alpha value is -0.280. The van der Waals surface area contributed by atoms with E-state index in [1.165, 1.54) is 10.6 Å². The van der Waals surface area contributed by atoms with Crippen molar-refractivity contribution in [3.63, 3.8) is 0 Å². The van der Waals surface area contributed by atoms with Gasteiger partial charge in [-0.1, -0.05) is 12.1 Å². The Morgan fingerprint density at radius 3 is 2.71 bits per heavy atom. The third-order valence-electron chi connectivity index (χ3n) is 1.86. The first-order valence-electron chi connectivity index (χ1n) is 4.75. The van der Waals surface area contributed by atoms with Gasteiger partial charge in [-0.2, -0.15) is 0 Å². The molecule has 0 saturated heterocycles. The van der Waals surface area contributed by atoms with E-state index in [4.69, 9.17) is 0 Å². The van der Waals surface area contributed by atoms with Gasteiger partial charge in [-0.15, -0.1) is 11.8 Å². The molecule has 0 aliphatic carbocycles. The fourth-order valence-corrected chi connectivity index (χ4v) is 3.63. The van der Waals surface area contributed by atoms with Gasteiger partial charge in [-0.05, 0) is 44.9 Å². The van der Waals surface area contributed by atoms with Gasteiger partial charge in [0.2, 0.25) is 0 Å². The molecular formula is C11H15NS2. The maximum Gasteiger partial charge on any atom is 0.0798 e. The molecule has 0 saturated carbocycles. The second kappa shape index (κ2) is 3.70. The van der Waals surface area contributed by atoms with E-state index >= 15 is 0 Å². The van der Waals surface area contributed by atoms with E-state index in [-0.39, 0.29) is 4.75 Å². The molecule has 76 valence electrons. The van der Waals surface area contributed by atoms with Gasteiger partial charge in [0.15, 0.2) is 0 Å². The van der Waals surface area contributed by atoms with Crippen LogP contribution in [0.1, 0.15) is 20.8 Å². The van der Waals surface area contributed by atoms with E-state index < -0.39 is 0 Å². The molecule has 3 heteroatoms. The number of thioether (sulfide) groups is 1. The molecule has 0 N–H and O–H groups in total. The number of hydrogen-bond donors (Lipinski definition) is 0. The van der Waals surface area contributed by atoms with Crippen molar-refractivity contribution >= 4 is 29.4 Å². The second-order valence-corrected chi connectivity index (χ2v) is 7.16. The number of fused-ring (bicyclic) bond motifs is 1. The van der Waals surface area contributed by atoms with Gasteiger partial charge < -0.3 is 4.31 Å². The Bertz CT molecular complexity index is 330. The van der Waals surface area contributed by atoms with Gasteiger partial charge in [0.05, 0.1) is 11.6 Å². The Morgan fingerprint density at radius 2 is 2.00 bits per heavy atom. The van der Waals surface area contributed by atoms with E-state index in [1.807, 2.05) is 23.7 Å². The number of para-hydroxylation sites is 1. The molecule has 0 aromatic heterocycles. The van der Waals surface area contributed by atoms with Crippen molar-refractivity contribution in [1.82, 2.24) is 0 Å². The molecule has 1 heterocycles. The van der Waals surface area contributed by atoms with Crippen LogP contribution in [0.4, 0.5) is 5.69 Å². The molecule has 1 aliphatic heterocycles. The highest BCUT2D eigenvalue weighted by atomic mass is 32.2. The van der Waals surface area contributed by atoms with Gasteiger partial charge in [0, 0.05) is 9.64 Å². The van der Waals surface area contributed by atoms with Crippen molar-refractivity contribution in [2.24, 2.45) is 0 Å². The highest BCUT2D eigenvalue weighted by molar-refractivity contribution is 8.05. The van der Waals surface area contributed by atoms with E-state index in [1.54, 1.807) is 0 Å². The first kappa shape index (κ1) is 10.2. The van der Waals surface area contributed by atoms with Gasteiger partial charge in [-0.3, -0.25) is 0 Å². The monoisotopic (exact) mass is 225 g/mol. The highest BCUT2D eigenvalue weighted by Gasteiger charge is 2.24. The van der Waals surface area contributed by atoms with Crippen LogP contribution in [0.2, 0.25) is 0 Å². The summed E-state index contributed by atoms with van der Waals surface area (Å²) in [5.41, 5.74) is 1.37. The van der Waals surface area contributed by atoms with Gasteiger partial charge in [0.1, 0.15) is 0 Å². The van der Waals surface area contributed by atoms with Crippen LogP contribution in [-0.2, 0) is 0 Å². The Kier molecular flexibility index (Phi) is 2.71. The fourth-order valence-electron chi connectivity index (χ4n) is 1.39. The Morgan fingerprint density at radius 1 is 1.29 bits per heavy atom. The van der Waals surface area contributed by atoms with Crippen LogP contribution < -0.4 is 4.31 Å².